The third kappa shape index (κ3) is 5.01. The molecule has 0 saturated carbocycles. The Labute approximate surface area is 164 Å². The van der Waals surface area contributed by atoms with Crippen LogP contribution in [0.25, 0.3) is 0 Å². The van der Waals surface area contributed by atoms with Gasteiger partial charge in [0.1, 0.15) is 17.3 Å². The minimum atomic E-state index is -1.97. The average Bonchev–Trinajstić information content (AvgIpc) is 2.66. The van der Waals surface area contributed by atoms with E-state index in [1.165, 1.54) is 25.3 Å². The summed E-state index contributed by atoms with van der Waals surface area (Å²) in [5.74, 6) is -0.587. The van der Waals surface area contributed by atoms with Crippen LogP contribution in [0.4, 0.5) is 4.39 Å². The van der Waals surface area contributed by atoms with Gasteiger partial charge in [-0.05, 0) is 60.6 Å². The van der Waals surface area contributed by atoms with Crippen LogP contribution in [0.1, 0.15) is 37.8 Å². The number of aryl methyl sites for hydroxylation is 1. The van der Waals surface area contributed by atoms with E-state index in [1.807, 2.05) is 12.1 Å². The maximum atomic E-state index is 13.8. The van der Waals surface area contributed by atoms with Gasteiger partial charge in [0.15, 0.2) is 5.60 Å². The summed E-state index contributed by atoms with van der Waals surface area (Å²) in [7, 11) is 3.04. The molecule has 0 bridgehead atoms. The lowest BCUT2D eigenvalue weighted by molar-refractivity contribution is -0.161. The van der Waals surface area contributed by atoms with Crippen LogP contribution in [0.5, 0.6) is 11.5 Å². The first kappa shape index (κ1) is 21.7. The highest BCUT2D eigenvalue weighted by atomic mass is 19.1. The van der Waals surface area contributed by atoms with Crippen molar-refractivity contribution in [1.29, 1.82) is 0 Å². The minimum Gasteiger partial charge on any atom is -0.497 e. The Balaban J connectivity index is 2.24. The predicted molar refractivity (Wildman–Crippen MR) is 104 cm³/mol. The highest BCUT2D eigenvalue weighted by molar-refractivity contribution is 5.77. The number of carboxylic acids is 1. The predicted octanol–water partition coefficient (Wildman–Crippen LogP) is 3.96. The van der Waals surface area contributed by atoms with Gasteiger partial charge in [0, 0.05) is 5.56 Å². The quantitative estimate of drug-likeness (QED) is 0.678. The Hall–Kier alpha value is -2.60. The van der Waals surface area contributed by atoms with E-state index < -0.39 is 22.8 Å². The number of aliphatic carboxylic acids is 1. The molecule has 0 radical (unpaired) electrons. The Morgan fingerprint density at radius 2 is 1.71 bits per heavy atom. The summed E-state index contributed by atoms with van der Waals surface area (Å²) in [4.78, 5) is 11.9. The fourth-order valence-corrected chi connectivity index (χ4v) is 3.45. The summed E-state index contributed by atoms with van der Waals surface area (Å²) in [6.45, 7) is 3.54. The van der Waals surface area contributed by atoms with Crippen molar-refractivity contribution in [2.75, 3.05) is 14.2 Å². The van der Waals surface area contributed by atoms with Gasteiger partial charge in [0.25, 0.3) is 0 Å². The third-order valence-electron chi connectivity index (χ3n) is 5.01. The van der Waals surface area contributed by atoms with Crippen LogP contribution in [0.2, 0.25) is 0 Å². The second-order valence-electron chi connectivity index (χ2n) is 7.59. The van der Waals surface area contributed by atoms with Gasteiger partial charge < -0.3 is 19.7 Å². The van der Waals surface area contributed by atoms with Crippen molar-refractivity contribution >= 4 is 5.97 Å². The lowest BCUT2D eigenvalue weighted by Gasteiger charge is -2.34. The van der Waals surface area contributed by atoms with Crippen molar-refractivity contribution in [3.05, 3.63) is 59.4 Å². The molecule has 0 aromatic heterocycles. The van der Waals surface area contributed by atoms with Gasteiger partial charge in [-0.2, -0.15) is 0 Å². The van der Waals surface area contributed by atoms with Crippen molar-refractivity contribution in [1.82, 2.24) is 0 Å². The normalized spacial score (nSPS) is 13.6. The van der Waals surface area contributed by atoms with E-state index in [0.717, 1.165) is 5.56 Å². The number of ether oxygens (including phenoxy) is 2. The zero-order valence-electron chi connectivity index (χ0n) is 16.7. The first-order valence-electron chi connectivity index (χ1n) is 9.04. The number of benzene rings is 2. The monoisotopic (exact) mass is 390 g/mol. The highest BCUT2D eigenvalue weighted by Gasteiger charge is 2.42. The Morgan fingerprint density at radius 1 is 1.07 bits per heavy atom. The van der Waals surface area contributed by atoms with E-state index in [2.05, 4.69) is 0 Å². The van der Waals surface area contributed by atoms with Crippen molar-refractivity contribution in [3.63, 3.8) is 0 Å². The van der Waals surface area contributed by atoms with Crippen LogP contribution in [0, 0.1) is 5.82 Å². The van der Waals surface area contributed by atoms with Gasteiger partial charge in [-0.1, -0.05) is 26.0 Å². The number of carbonyl (C=O) groups is 1. The summed E-state index contributed by atoms with van der Waals surface area (Å²) in [5.41, 5.74) is -1.40. The summed E-state index contributed by atoms with van der Waals surface area (Å²) < 4.78 is 24.2. The van der Waals surface area contributed by atoms with E-state index in [1.54, 1.807) is 33.1 Å². The molecule has 0 heterocycles. The zero-order chi connectivity index (χ0) is 20.9. The molecule has 2 rings (SSSR count). The minimum absolute atomic E-state index is 0.0235. The van der Waals surface area contributed by atoms with Gasteiger partial charge in [-0.25, -0.2) is 9.18 Å². The fraction of sp³-hybridized carbons (Fsp3) is 0.409. The van der Waals surface area contributed by atoms with Gasteiger partial charge >= 0.3 is 5.97 Å². The molecule has 1 atom stereocenters. The molecular formula is C22H27FO5. The molecule has 0 aliphatic carbocycles. The number of hydrogen-bond donors (Lipinski definition) is 2. The number of rotatable bonds is 9. The van der Waals surface area contributed by atoms with Gasteiger partial charge in [-0.15, -0.1) is 0 Å². The molecule has 0 fully saturated rings. The van der Waals surface area contributed by atoms with E-state index in [9.17, 15) is 19.4 Å². The summed E-state index contributed by atoms with van der Waals surface area (Å²) >= 11 is 0. The Bertz CT molecular complexity index is 816. The van der Waals surface area contributed by atoms with Crippen LogP contribution >= 0.6 is 0 Å². The fourth-order valence-electron chi connectivity index (χ4n) is 3.45. The first-order valence-corrected chi connectivity index (χ1v) is 9.04. The molecule has 152 valence electrons. The van der Waals surface area contributed by atoms with Gasteiger partial charge in [0.2, 0.25) is 0 Å². The summed E-state index contributed by atoms with van der Waals surface area (Å²) in [5, 5.41) is 20.6. The standard InChI is InChI=1S/C22H27FO5/c1-21(2,18-13-16(23)7-10-19(18)28-4)14-22(26,20(24)25)12-11-15-5-8-17(27-3)9-6-15/h5-10,13,26H,11-12,14H2,1-4H3,(H,24,25). The maximum absolute atomic E-state index is 13.8. The molecule has 0 aliphatic heterocycles. The molecule has 2 aromatic rings. The lowest BCUT2D eigenvalue weighted by atomic mass is 9.73. The molecule has 2 aromatic carbocycles. The molecule has 2 N–H and O–H groups in total. The zero-order valence-corrected chi connectivity index (χ0v) is 16.7. The summed E-state index contributed by atoms with van der Waals surface area (Å²) in [6.07, 6.45) is 0.310. The molecule has 0 saturated heterocycles. The molecule has 1 unspecified atom stereocenters. The van der Waals surface area contributed by atoms with E-state index >= 15 is 0 Å². The Morgan fingerprint density at radius 3 is 2.25 bits per heavy atom. The van der Waals surface area contributed by atoms with Crippen LogP contribution in [-0.2, 0) is 16.6 Å². The first-order chi connectivity index (χ1) is 13.1. The van der Waals surface area contributed by atoms with Crippen molar-refractivity contribution < 1.29 is 28.9 Å². The molecule has 0 amide bonds. The van der Waals surface area contributed by atoms with E-state index in [-0.39, 0.29) is 12.8 Å². The number of hydrogen-bond acceptors (Lipinski definition) is 4. The van der Waals surface area contributed by atoms with Crippen molar-refractivity contribution in [3.8, 4) is 11.5 Å². The summed E-state index contributed by atoms with van der Waals surface area (Å²) in [6, 6.07) is 11.4. The molecule has 28 heavy (non-hydrogen) atoms. The second-order valence-corrected chi connectivity index (χ2v) is 7.59. The number of methoxy groups -OCH3 is 2. The molecule has 0 spiro atoms. The largest absolute Gasteiger partial charge is 0.497 e. The van der Waals surface area contributed by atoms with Crippen molar-refractivity contribution in [2.45, 2.75) is 44.1 Å². The van der Waals surface area contributed by atoms with Gasteiger partial charge in [-0.3, -0.25) is 0 Å². The van der Waals surface area contributed by atoms with Crippen LogP contribution in [-0.4, -0.2) is 36.0 Å². The lowest BCUT2D eigenvalue weighted by Crippen LogP contribution is -2.44. The van der Waals surface area contributed by atoms with Crippen LogP contribution in [0.15, 0.2) is 42.5 Å². The maximum Gasteiger partial charge on any atom is 0.335 e. The molecule has 0 aliphatic rings. The topological polar surface area (TPSA) is 76.0 Å². The van der Waals surface area contributed by atoms with E-state index in [0.29, 0.717) is 23.5 Å². The SMILES string of the molecule is COc1ccc(CCC(O)(CC(C)(C)c2cc(F)ccc2OC)C(=O)O)cc1. The average molecular weight is 390 g/mol. The smallest absolute Gasteiger partial charge is 0.335 e. The number of aliphatic hydroxyl groups is 1. The number of carboxylic acid groups (broad SMARTS) is 1. The van der Waals surface area contributed by atoms with Gasteiger partial charge in [0.05, 0.1) is 14.2 Å². The molecule has 6 heteroatoms. The number of halogens is 1. The molecule has 5 nitrogen and oxygen atoms in total. The van der Waals surface area contributed by atoms with Crippen LogP contribution in [0.3, 0.4) is 0 Å². The van der Waals surface area contributed by atoms with E-state index in [4.69, 9.17) is 9.47 Å². The Kier molecular flexibility index (Phi) is 6.67. The van der Waals surface area contributed by atoms with Crippen LogP contribution < -0.4 is 9.47 Å². The molecular weight excluding hydrogens is 363 g/mol. The third-order valence-corrected chi connectivity index (χ3v) is 5.01. The highest BCUT2D eigenvalue weighted by Crippen LogP contribution is 2.39. The second kappa shape index (κ2) is 8.61. The van der Waals surface area contributed by atoms with Crippen molar-refractivity contribution in [2.24, 2.45) is 0 Å².